The largest absolute Gasteiger partial charge is 0.419 e. The lowest BCUT2D eigenvalue weighted by Crippen LogP contribution is -2.38. The zero-order chi connectivity index (χ0) is 14.6. The van der Waals surface area contributed by atoms with Gasteiger partial charge in [-0.05, 0) is 12.1 Å². The summed E-state index contributed by atoms with van der Waals surface area (Å²) in [6.45, 7) is -1.37. The molecule has 0 amide bonds. The molecule has 0 spiro atoms. The number of rotatable bonds is 6. The van der Waals surface area contributed by atoms with Crippen molar-refractivity contribution in [2.24, 2.45) is 0 Å². The minimum Gasteiger partial charge on any atom is -0.419 e. The second-order valence-electron chi connectivity index (χ2n) is 4.03. The average Bonchev–Trinajstić information content (AvgIpc) is 2.88. The van der Waals surface area contributed by atoms with Crippen LogP contribution in [0.15, 0.2) is 34.7 Å². The number of nitrogens with one attached hydrogen (secondary N) is 1. The first-order valence-corrected chi connectivity index (χ1v) is 5.73. The van der Waals surface area contributed by atoms with Crippen molar-refractivity contribution in [3.05, 3.63) is 36.2 Å². The van der Waals surface area contributed by atoms with Crippen molar-refractivity contribution >= 4 is 0 Å². The SMILES string of the molecule is FC(F)C(F)(F)CNCc1nnc(-c2ccccc2)o1. The van der Waals surface area contributed by atoms with E-state index >= 15 is 0 Å². The van der Waals surface area contributed by atoms with Crippen molar-refractivity contribution in [3.8, 4) is 11.5 Å². The molecule has 0 saturated heterocycles. The molecule has 1 heterocycles. The Labute approximate surface area is 111 Å². The number of nitrogens with zero attached hydrogens (tertiary/aromatic N) is 2. The molecule has 0 aliphatic heterocycles. The van der Waals surface area contributed by atoms with Gasteiger partial charge in [-0.1, -0.05) is 18.2 Å². The highest BCUT2D eigenvalue weighted by Crippen LogP contribution is 2.22. The maximum Gasteiger partial charge on any atom is 0.319 e. The Morgan fingerprint density at radius 1 is 1.15 bits per heavy atom. The molecule has 0 atom stereocenters. The number of halogens is 4. The van der Waals surface area contributed by atoms with Gasteiger partial charge >= 0.3 is 12.3 Å². The Hall–Kier alpha value is -1.96. The fraction of sp³-hybridized carbons (Fsp3) is 0.333. The van der Waals surface area contributed by atoms with Gasteiger partial charge in [0.1, 0.15) is 0 Å². The van der Waals surface area contributed by atoms with Crippen molar-refractivity contribution in [1.82, 2.24) is 15.5 Å². The maximum absolute atomic E-state index is 12.6. The molecule has 8 heteroatoms. The van der Waals surface area contributed by atoms with Crippen molar-refractivity contribution in [3.63, 3.8) is 0 Å². The summed E-state index contributed by atoms with van der Waals surface area (Å²) in [5.74, 6) is -3.79. The number of hydrogen-bond acceptors (Lipinski definition) is 4. The van der Waals surface area contributed by atoms with Crippen molar-refractivity contribution in [2.45, 2.75) is 18.9 Å². The van der Waals surface area contributed by atoms with Gasteiger partial charge in [-0.15, -0.1) is 10.2 Å². The molecular formula is C12H11F4N3O. The van der Waals surface area contributed by atoms with Gasteiger partial charge < -0.3 is 9.73 Å². The van der Waals surface area contributed by atoms with E-state index in [0.29, 0.717) is 5.56 Å². The highest BCUT2D eigenvalue weighted by atomic mass is 19.3. The molecule has 0 saturated carbocycles. The summed E-state index contributed by atoms with van der Waals surface area (Å²) < 4.78 is 54.4. The van der Waals surface area contributed by atoms with E-state index in [4.69, 9.17) is 4.42 Å². The third kappa shape index (κ3) is 3.53. The lowest BCUT2D eigenvalue weighted by molar-refractivity contribution is -0.125. The van der Waals surface area contributed by atoms with Crippen LogP contribution >= 0.6 is 0 Å². The predicted octanol–water partition coefficient (Wildman–Crippen LogP) is 2.73. The lowest BCUT2D eigenvalue weighted by atomic mass is 10.2. The molecule has 0 radical (unpaired) electrons. The molecule has 0 bridgehead atoms. The first kappa shape index (κ1) is 14.4. The van der Waals surface area contributed by atoms with Crippen LogP contribution in [0.2, 0.25) is 0 Å². The number of benzene rings is 1. The van der Waals surface area contributed by atoms with Crippen LogP contribution in [0.3, 0.4) is 0 Å². The molecular weight excluding hydrogens is 278 g/mol. The minimum absolute atomic E-state index is 0.0499. The van der Waals surface area contributed by atoms with E-state index < -0.39 is 18.9 Å². The summed E-state index contributed by atoms with van der Waals surface area (Å²) >= 11 is 0. The van der Waals surface area contributed by atoms with Crippen LogP contribution in [0, 0.1) is 0 Å². The number of hydrogen-bond donors (Lipinski definition) is 1. The first-order valence-electron chi connectivity index (χ1n) is 5.73. The summed E-state index contributed by atoms with van der Waals surface area (Å²) in [5.41, 5.74) is 0.684. The van der Waals surface area contributed by atoms with E-state index in [0.717, 1.165) is 0 Å². The summed E-state index contributed by atoms with van der Waals surface area (Å²) in [4.78, 5) is 0. The van der Waals surface area contributed by atoms with Gasteiger partial charge in [0.2, 0.25) is 11.8 Å². The van der Waals surface area contributed by atoms with Crippen LogP contribution in [0.5, 0.6) is 0 Å². The molecule has 0 aliphatic rings. The van der Waals surface area contributed by atoms with E-state index in [2.05, 4.69) is 15.5 Å². The topological polar surface area (TPSA) is 51.0 Å². The average molecular weight is 289 g/mol. The van der Waals surface area contributed by atoms with E-state index in [-0.39, 0.29) is 18.3 Å². The summed E-state index contributed by atoms with van der Waals surface area (Å²) in [7, 11) is 0. The van der Waals surface area contributed by atoms with Crippen molar-refractivity contribution < 1.29 is 22.0 Å². The summed E-state index contributed by atoms with van der Waals surface area (Å²) in [6, 6.07) is 8.86. The zero-order valence-corrected chi connectivity index (χ0v) is 10.2. The molecule has 2 rings (SSSR count). The van der Waals surface area contributed by atoms with E-state index in [1.807, 2.05) is 6.07 Å². The van der Waals surface area contributed by atoms with Crippen molar-refractivity contribution in [1.29, 1.82) is 0 Å². The van der Waals surface area contributed by atoms with Crippen LogP contribution < -0.4 is 5.32 Å². The highest BCUT2D eigenvalue weighted by molar-refractivity contribution is 5.51. The van der Waals surface area contributed by atoms with E-state index in [9.17, 15) is 17.6 Å². The molecule has 0 unspecified atom stereocenters. The van der Waals surface area contributed by atoms with Gasteiger partial charge in [0, 0.05) is 5.56 Å². The standard InChI is InChI=1S/C12H11F4N3O/c13-11(14)12(15,16)7-17-6-9-18-19-10(20-9)8-4-2-1-3-5-8/h1-5,11,17H,6-7H2. The maximum atomic E-state index is 12.6. The first-order chi connectivity index (χ1) is 9.49. The Morgan fingerprint density at radius 3 is 2.50 bits per heavy atom. The van der Waals surface area contributed by atoms with Gasteiger partial charge in [-0.2, -0.15) is 8.78 Å². The quantitative estimate of drug-likeness (QED) is 0.831. The fourth-order valence-electron chi connectivity index (χ4n) is 1.44. The molecule has 0 aliphatic carbocycles. The molecule has 1 aromatic heterocycles. The van der Waals surface area contributed by atoms with Gasteiger partial charge in [-0.25, -0.2) is 8.78 Å². The molecule has 0 fully saturated rings. The Morgan fingerprint density at radius 2 is 1.85 bits per heavy atom. The normalized spacial score (nSPS) is 12.1. The fourth-order valence-corrected chi connectivity index (χ4v) is 1.44. The molecule has 2 aromatic rings. The zero-order valence-electron chi connectivity index (χ0n) is 10.2. The van der Waals surface area contributed by atoms with Crippen LogP contribution in [0.25, 0.3) is 11.5 Å². The van der Waals surface area contributed by atoms with Gasteiger partial charge in [0.15, 0.2) is 0 Å². The minimum atomic E-state index is -4.08. The third-order valence-electron chi connectivity index (χ3n) is 2.44. The second kappa shape index (κ2) is 6.00. The Kier molecular flexibility index (Phi) is 4.33. The van der Waals surface area contributed by atoms with Crippen LogP contribution in [-0.4, -0.2) is 29.1 Å². The predicted molar refractivity (Wildman–Crippen MR) is 62.4 cm³/mol. The molecule has 108 valence electrons. The third-order valence-corrected chi connectivity index (χ3v) is 2.44. The van der Waals surface area contributed by atoms with Crippen LogP contribution in [-0.2, 0) is 6.54 Å². The molecule has 20 heavy (non-hydrogen) atoms. The Bertz CT molecular complexity index is 545. The van der Waals surface area contributed by atoms with Gasteiger partial charge in [-0.3, -0.25) is 0 Å². The van der Waals surface area contributed by atoms with Crippen LogP contribution in [0.1, 0.15) is 5.89 Å². The number of alkyl halides is 4. The summed E-state index contributed by atoms with van der Waals surface area (Å²) in [6.07, 6.45) is -3.71. The van der Waals surface area contributed by atoms with Gasteiger partial charge in [0.05, 0.1) is 13.1 Å². The molecule has 4 nitrogen and oxygen atoms in total. The highest BCUT2D eigenvalue weighted by Gasteiger charge is 2.40. The second-order valence-corrected chi connectivity index (χ2v) is 4.03. The Balaban J connectivity index is 1.91. The smallest absolute Gasteiger partial charge is 0.319 e. The number of aromatic nitrogens is 2. The molecule has 1 aromatic carbocycles. The summed E-state index contributed by atoms with van der Waals surface area (Å²) in [5, 5.41) is 9.55. The van der Waals surface area contributed by atoms with Gasteiger partial charge in [0.25, 0.3) is 0 Å². The molecule has 1 N–H and O–H groups in total. The lowest BCUT2D eigenvalue weighted by Gasteiger charge is -2.14. The van der Waals surface area contributed by atoms with E-state index in [1.54, 1.807) is 24.3 Å². The monoisotopic (exact) mass is 289 g/mol. The van der Waals surface area contributed by atoms with E-state index in [1.165, 1.54) is 0 Å². The van der Waals surface area contributed by atoms with Crippen molar-refractivity contribution in [2.75, 3.05) is 6.54 Å². The van der Waals surface area contributed by atoms with Crippen LogP contribution in [0.4, 0.5) is 17.6 Å².